The van der Waals surface area contributed by atoms with Gasteiger partial charge in [-0.1, -0.05) is 0 Å². The lowest BCUT2D eigenvalue weighted by atomic mass is 10.1. The highest BCUT2D eigenvalue weighted by Crippen LogP contribution is 2.26. The molecule has 2 amide bonds. The number of morpholine rings is 1. The van der Waals surface area contributed by atoms with Gasteiger partial charge in [0.25, 0.3) is 0 Å². The maximum absolute atomic E-state index is 12.5. The van der Waals surface area contributed by atoms with Crippen LogP contribution in [0, 0.1) is 0 Å². The largest absolute Gasteiger partial charge is 0.379 e. The topological polar surface area (TPSA) is 102 Å². The van der Waals surface area contributed by atoms with Gasteiger partial charge in [-0.15, -0.1) is 0 Å². The molecule has 120 valence electrons. The molecule has 0 aromatic carbocycles. The van der Waals surface area contributed by atoms with Crippen LogP contribution >= 0.6 is 0 Å². The van der Waals surface area contributed by atoms with Crippen molar-refractivity contribution in [2.45, 2.75) is 37.8 Å². The van der Waals surface area contributed by atoms with Crippen molar-refractivity contribution in [2.75, 3.05) is 39.4 Å². The fourth-order valence-corrected chi connectivity index (χ4v) is 3.24. The molecule has 21 heavy (non-hydrogen) atoms. The molecule has 2 heterocycles. The van der Waals surface area contributed by atoms with Crippen molar-refractivity contribution >= 4 is 11.8 Å². The van der Waals surface area contributed by atoms with Crippen LogP contribution in [-0.2, 0) is 14.3 Å². The monoisotopic (exact) mass is 298 g/mol. The lowest BCUT2D eigenvalue weighted by Gasteiger charge is -2.31. The Kier molecular flexibility index (Phi) is 5.96. The molecule has 7 nitrogen and oxygen atoms in total. The zero-order chi connectivity index (χ0) is 15.2. The number of amides is 2. The molecule has 0 radical (unpaired) electrons. The van der Waals surface area contributed by atoms with Gasteiger partial charge < -0.3 is 21.1 Å². The van der Waals surface area contributed by atoms with Crippen molar-refractivity contribution in [1.29, 1.82) is 0 Å². The summed E-state index contributed by atoms with van der Waals surface area (Å²) in [7, 11) is 0. The Morgan fingerprint density at radius 1 is 1.14 bits per heavy atom. The van der Waals surface area contributed by atoms with Gasteiger partial charge in [-0.2, -0.15) is 0 Å². The summed E-state index contributed by atoms with van der Waals surface area (Å²) in [5.74, 6) is -0.274. The van der Waals surface area contributed by atoms with Gasteiger partial charge in [0.1, 0.15) is 0 Å². The van der Waals surface area contributed by atoms with E-state index >= 15 is 0 Å². The Morgan fingerprint density at radius 2 is 1.81 bits per heavy atom. The minimum absolute atomic E-state index is 0.0477. The summed E-state index contributed by atoms with van der Waals surface area (Å²) in [5.41, 5.74) is 11.0. The molecule has 0 saturated carbocycles. The molecule has 2 rings (SSSR count). The molecule has 2 fully saturated rings. The van der Waals surface area contributed by atoms with Gasteiger partial charge in [-0.25, -0.2) is 0 Å². The fourth-order valence-electron chi connectivity index (χ4n) is 3.24. The van der Waals surface area contributed by atoms with Crippen LogP contribution in [0.1, 0.15) is 25.7 Å². The summed E-state index contributed by atoms with van der Waals surface area (Å²) in [6.45, 7) is 4.38. The second-order valence-corrected chi connectivity index (χ2v) is 5.80. The Morgan fingerprint density at radius 3 is 2.43 bits per heavy atom. The Balaban J connectivity index is 1.88. The van der Waals surface area contributed by atoms with E-state index in [-0.39, 0.29) is 30.3 Å². The van der Waals surface area contributed by atoms with Crippen LogP contribution in [0.25, 0.3) is 0 Å². The summed E-state index contributed by atoms with van der Waals surface area (Å²) < 4.78 is 5.30. The number of rotatable bonds is 6. The van der Waals surface area contributed by atoms with Crippen molar-refractivity contribution in [2.24, 2.45) is 11.5 Å². The molecule has 2 aliphatic rings. The second-order valence-electron chi connectivity index (χ2n) is 5.80. The number of ether oxygens (including phenoxy) is 1. The van der Waals surface area contributed by atoms with Crippen molar-refractivity contribution in [1.82, 2.24) is 9.80 Å². The first kappa shape index (κ1) is 16.2. The first-order valence-corrected chi connectivity index (χ1v) is 7.71. The predicted octanol–water partition coefficient (Wildman–Crippen LogP) is -1.10. The van der Waals surface area contributed by atoms with Gasteiger partial charge in [0.15, 0.2) is 0 Å². The van der Waals surface area contributed by atoms with Crippen molar-refractivity contribution in [3.05, 3.63) is 0 Å². The van der Waals surface area contributed by atoms with Gasteiger partial charge >= 0.3 is 0 Å². The SMILES string of the molecule is NC[C@@H]1CC[C@H](CC(N)=O)N1C(=O)CCN1CCOCC1. The third kappa shape index (κ3) is 4.39. The van der Waals surface area contributed by atoms with Crippen molar-refractivity contribution in [3.8, 4) is 0 Å². The number of carbonyl (C=O) groups is 2. The summed E-state index contributed by atoms with van der Waals surface area (Å²) in [6, 6.07) is -0.0280. The minimum Gasteiger partial charge on any atom is -0.379 e. The van der Waals surface area contributed by atoms with Crippen molar-refractivity contribution in [3.63, 3.8) is 0 Å². The zero-order valence-corrected chi connectivity index (χ0v) is 12.5. The Bertz CT molecular complexity index is 371. The molecule has 4 N–H and O–H groups in total. The average Bonchev–Trinajstić information content (AvgIpc) is 2.88. The van der Waals surface area contributed by atoms with Crippen LogP contribution in [0.3, 0.4) is 0 Å². The van der Waals surface area contributed by atoms with Gasteiger partial charge in [0.05, 0.1) is 13.2 Å². The van der Waals surface area contributed by atoms with E-state index in [0.717, 1.165) is 45.7 Å². The number of carbonyl (C=O) groups excluding carboxylic acids is 2. The number of primary amides is 1. The summed E-state index contributed by atoms with van der Waals surface area (Å²) >= 11 is 0. The molecule has 2 atom stereocenters. The summed E-state index contributed by atoms with van der Waals surface area (Å²) in [5, 5.41) is 0. The van der Waals surface area contributed by atoms with E-state index in [2.05, 4.69) is 4.90 Å². The summed E-state index contributed by atoms with van der Waals surface area (Å²) in [6.07, 6.45) is 2.37. The lowest BCUT2D eigenvalue weighted by molar-refractivity contribution is -0.135. The average molecular weight is 298 g/mol. The van der Waals surface area contributed by atoms with Crippen LogP contribution in [0.2, 0.25) is 0 Å². The molecule has 0 aromatic rings. The van der Waals surface area contributed by atoms with E-state index in [1.54, 1.807) is 0 Å². The van der Waals surface area contributed by atoms with Crippen LogP contribution in [0.4, 0.5) is 0 Å². The molecular formula is C14H26N4O3. The van der Waals surface area contributed by atoms with Crippen molar-refractivity contribution < 1.29 is 14.3 Å². The van der Waals surface area contributed by atoms with Crippen LogP contribution in [0.5, 0.6) is 0 Å². The number of likely N-dealkylation sites (tertiary alicyclic amines) is 1. The van der Waals surface area contributed by atoms with Gasteiger partial charge in [-0.05, 0) is 12.8 Å². The van der Waals surface area contributed by atoms with Gasteiger partial charge in [0.2, 0.25) is 11.8 Å². The van der Waals surface area contributed by atoms with Crippen LogP contribution < -0.4 is 11.5 Å². The maximum Gasteiger partial charge on any atom is 0.224 e. The molecule has 7 heteroatoms. The first-order chi connectivity index (χ1) is 10.1. The molecule has 0 bridgehead atoms. The minimum atomic E-state index is -0.358. The third-order valence-corrected chi connectivity index (χ3v) is 4.36. The standard InChI is InChI=1S/C14H26N4O3/c15-10-12-2-1-11(9-13(16)19)18(12)14(20)3-4-17-5-7-21-8-6-17/h11-12H,1-10,15H2,(H2,16,19)/t11-,12+/m1/s1. The summed E-state index contributed by atoms with van der Waals surface area (Å²) in [4.78, 5) is 27.7. The molecule has 0 unspecified atom stereocenters. The smallest absolute Gasteiger partial charge is 0.224 e. The third-order valence-electron chi connectivity index (χ3n) is 4.36. The number of nitrogens with two attached hydrogens (primary N) is 2. The number of hydrogen-bond donors (Lipinski definition) is 2. The van der Waals surface area contributed by atoms with E-state index in [4.69, 9.17) is 16.2 Å². The number of nitrogens with zero attached hydrogens (tertiary/aromatic N) is 2. The van der Waals surface area contributed by atoms with E-state index in [1.165, 1.54) is 0 Å². The highest BCUT2D eigenvalue weighted by Gasteiger charge is 2.36. The first-order valence-electron chi connectivity index (χ1n) is 7.71. The van der Waals surface area contributed by atoms with E-state index < -0.39 is 0 Å². The molecule has 2 saturated heterocycles. The van der Waals surface area contributed by atoms with E-state index in [0.29, 0.717) is 13.0 Å². The predicted molar refractivity (Wildman–Crippen MR) is 78.4 cm³/mol. The van der Waals surface area contributed by atoms with Crippen LogP contribution in [0.15, 0.2) is 0 Å². The van der Waals surface area contributed by atoms with Crippen LogP contribution in [-0.4, -0.2) is 73.1 Å². The molecule has 0 aliphatic carbocycles. The lowest BCUT2D eigenvalue weighted by Crippen LogP contribution is -2.47. The normalized spacial score (nSPS) is 27.0. The van der Waals surface area contributed by atoms with Gasteiger partial charge in [0, 0.05) is 51.1 Å². The zero-order valence-electron chi connectivity index (χ0n) is 12.5. The molecule has 2 aliphatic heterocycles. The highest BCUT2D eigenvalue weighted by atomic mass is 16.5. The van der Waals surface area contributed by atoms with E-state index in [9.17, 15) is 9.59 Å². The quantitative estimate of drug-likeness (QED) is 0.648. The van der Waals surface area contributed by atoms with E-state index in [1.807, 2.05) is 4.90 Å². The molecular weight excluding hydrogens is 272 g/mol. The maximum atomic E-state index is 12.5. The highest BCUT2D eigenvalue weighted by molar-refractivity contribution is 5.79. The number of hydrogen-bond acceptors (Lipinski definition) is 5. The second kappa shape index (κ2) is 7.72. The Hall–Kier alpha value is -1.18. The molecule has 0 spiro atoms. The molecule has 0 aromatic heterocycles. The fraction of sp³-hybridized carbons (Fsp3) is 0.857. The van der Waals surface area contributed by atoms with Gasteiger partial charge in [-0.3, -0.25) is 14.5 Å². The Labute approximate surface area is 125 Å².